The molecule has 0 radical (unpaired) electrons. The van der Waals surface area contributed by atoms with Crippen LogP contribution >= 0.6 is 0 Å². The number of hydrogen-bond acceptors (Lipinski definition) is 2. The summed E-state index contributed by atoms with van der Waals surface area (Å²) in [6, 6.07) is 74.8. The molecule has 8 aromatic rings. The van der Waals surface area contributed by atoms with Crippen molar-refractivity contribution in [1.82, 2.24) is 0 Å². The van der Waals surface area contributed by atoms with Crippen molar-refractivity contribution in [2.45, 2.75) is 0 Å². The van der Waals surface area contributed by atoms with Gasteiger partial charge in [-0.25, -0.2) is 0 Å². The van der Waals surface area contributed by atoms with E-state index in [1.165, 1.54) is 82.4 Å². The lowest BCUT2D eigenvalue weighted by atomic mass is 9.33. The van der Waals surface area contributed by atoms with Gasteiger partial charge in [-0.05, 0) is 96.8 Å². The molecule has 3 aliphatic rings. The molecule has 3 aliphatic heterocycles. The van der Waals surface area contributed by atoms with Crippen molar-refractivity contribution in [3.8, 4) is 11.1 Å². The number of para-hydroxylation sites is 3. The van der Waals surface area contributed by atoms with Crippen LogP contribution in [0.25, 0.3) is 11.1 Å². The highest BCUT2D eigenvalue weighted by Crippen LogP contribution is 2.44. The molecule has 52 heavy (non-hydrogen) atoms. The summed E-state index contributed by atoms with van der Waals surface area (Å²) < 4.78 is 0. The molecule has 0 unspecified atom stereocenters. The highest BCUT2D eigenvalue weighted by Gasteiger charge is 2.49. The average Bonchev–Trinajstić information content (AvgIpc) is 3.52. The van der Waals surface area contributed by atoms with Crippen LogP contribution in [0.5, 0.6) is 0 Å². The van der Waals surface area contributed by atoms with E-state index in [9.17, 15) is 0 Å². The highest BCUT2D eigenvalue weighted by molar-refractivity contribution is 7.22. The van der Waals surface area contributed by atoms with Gasteiger partial charge in [0.05, 0.1) is 0 Å². The third-order valence-electron chi connectivity index (χ3n) is 11.5. The van der Waals surface area contributed by atoms with Crippen LogP contribution in [0.15, 0.2) is 200 Å². The largest absolute Gasteiger partial charge is 0.311 e. The molecule has 0 atom stereocenters. The van der Waals surface area contributed by atoms with Gasteiger partial charge in [0.15, 0.2) is 8.07 Å². The van der Waals surface area contributed by atoms with Crippen LogP contribution in [0.2, 0.25) is 0 Å². The van der Waals surface area contributed by atoms with Crippen LogP contribution in [-0.4, -0.2) is 14.8 Å². The van der Waals surface area contributed by atoms with Crippen LogP contribution in [0.1, 0.15) is 0 Å². The van der Waals surface area contributed by atoms with Gasteiger partial charge in [0.25, 0.3) is 6.71 Å². The lowest BCUT2D eigenvalue weighted by Crippen LogP contribution is -2.72. The fourth-order valence-electron chi connectivity index (χ4n) is 9.54. The fraction of sp³-hybridized carbons (Fsp3) is 0. The Balaban J connectivity index is 1.20. The summed E-state index contributed by atoms with van der Waals surface area (Å²) in [5.74, 6) is 0. The summed E-state index contributed by atoms with van der Waals surface area (Å²) >= 11 is 0. The Kier molecular flexibility index (Phi) is 6.40. The Hall–Kier alpha value is -6.36. The van der Waals surface area contributed by atoms with Crippen molar-refractivity contribution in [2.24, 2.45) is 0 Å². The van der Waals surface area contributed by atoms with Gasteiger partial charge < -0.3 is 9.80 Å². The number of benzene rings is 8. The lowest BCUT2D eigenvalue weighted by molar-refractivity contribution is 1.25. The molecule has 0 fully saturated rings. The number of hydrogen-bond donors (Lipinski definition) is 0. The molecule has 3 heterocycles. The molecule has 4 heteroatoms. The Morgan fingerprint density at radius 3 is 1.46 bits per heavy atom. The van der Waals surface area contributed by atoms with Crippen LogP contribution in [0.3, 0.4) is 0 Å². The van der Waals surface area contributed by atoms with Gasteiger partial charge in [-0.2, -0.15) is 0 Å². The maximum absolute atomic E-state index is 2.66. The quantitative estimate of drug-likeness (QED) is 0.183. The van der Waals surface area contributed by atoms with Crippen LogP contribution < -0.4 is 46.9 Å². The topological polar surface area (TPSA) is 6.48 Å². The standard InChI is InChI=1S/C48H33BN2Si/c1-4-17-34(18-5-1)50-42-26-13-11-24-40(42)49-41-25-12-14-27-43(41)51(45-29-16-28-44(50)48(45)49)35-31-32-39-38-23-10-15-30-46(38)52(47(39)33-35,36-19-6-2-7-20-36)37-21-8-3-9-22-37/h1-33H. The predicted octanol–water partition coefficient (Wildman–Crippen LogP) is 7.13. The van der Waals surface area contributed by atoms with Gasteiger partial charge in [-0.15, -0.1) is 0 Å². The van der Waals surface area contributed by atoms with Crippen LogP contribution in [0, 0.1) is 0 Å². The van der Waals surface area contributed by atoms with Gasteiger partial charge in [0.1, 0.15) is 0 Å². The normalized spacial score (nSPS) is 14.2. The minimum absolute atomic E-state index is 0.121. The van der Waals surface area contributed by atoms with Gasteiger partial charge in [-0.3, -0.25) is 0 Å². The minimum atomic E-state index is -2.66. The third-order valence-corrected chi connectivity index (χ3v) is 16.4. The van der Waals surface area contributed by atoms with Gasteiger partial charge in [0.2, 0.25) is 0 Å². The van der Waals surface area contributed by atoms with Crippen LogP contribution in [0.4, 0.5) is 34.1 Å². The van der Waals surface area contributed by atoms with E-state index >= 15 is 0 Å². The van der Waals surface area contributed by atoms with Gasteiger partial charge >= 0.3 is 0 Å². The van der Waals surface area contributed by atoms with Crippen LogP contribution in [-0.2, 0) is 0 Å². The summed E-state index contributed by atoms with van der Waals surface area (Å²) in [6.45, 7) is 0.121. The van der Waals surface area contributed by atoms with Crippen molar-refractivity contribution in [2.75, 3.05) is 9.80 Å². The molecule has 0 amide bonds. The van der Waals surface area contributed by atoms with Crippen molar-refractivity contribution in [3.63, 3.8) is 0 Å². The molecule has 8 aromatic carbocycles. The first-order valence-corrected chi connectivity index (χ1v) is 20.2. The number of nitrogens with zero attached hydrogens (tertiary/aromatic N) is 2. The predicted molar refractivity (Wildman–Crippen MR) is 223 cm³/mol. The molecule has 0 saturated carbocycles. The second-order valence-corrected chi connectivity index (χ2v) is 17.8. The molecular formula is C48H33BN2Si. The second-order valence-electron chi connectivity index (χ2n) is 14.0. The molecule has 0 bridgehead atoms. The molecule has 11 rings (SSSR count). The van der Waals surface area contributed by atoms with Gasteiger partial charge in [-0.1, -0.05) is 152 Å². The maximum atomic E-state index is 2.55. The zero-order valence-electron chi connectivity index (χ0n) is 28.5. The van der Waals surface area contributed by atoms with E-state index in [-0.39, 0.29) is 6.71 Å². The van der Waals surface area contributed by atoms with E-state index in [1.807, 2.05) is 0 Å². The Morgan fingerprint density at radius 2 is 0.827 bits per heavy atom. The summed E-state index contributed by atoms with van der Waals surface area (Å²) in [5, 5.41) is 5.74. The molecule has 0 aromatic heterocycles. The highest BCUT2D eigenvalue weighted by atomic mass is 28.3. The number of rotatable bonds is 4. The van der Waals surface area contributed by atoms with Crippen molar-refractivity contribution < 1.29 is 0 Å². The third kappa shape index (κ3) is 3.96. The van der Waals surface area contributed by atoms with E-state index in [0.717, 1.165) is 0 Å². The first-order valence-electron chi connectivity index (χ1n) is 18.2. The van der Waals surface area contributed by atoms with Crippen molar-refractivity contribution >= 4 is 86.0 Å². The summed E-state index contributed by atoms with van der Waals surface area (Å²) in [5.41, 5.74) is 14.0. The van der Waals surface area contributed by atoms with E-state index in [1.54, 1.807) is 0 Å². The summed E-state index contributed by atoms with van der Waals surface area (Å²) in [7, 11) is -2.66. The first-order chi connectivity index (χ1) is 25.8. The minimum Gasteiger partial charge on any atom is -0.311 e. The Morgan fingerprint density at radius 1 is 0.346 bits per heavy atom. The number of anilines is 6. The molecule has 0 spiro atoms. The van der Waals surface area contributed by atoms with E-state index in [4.69, 9.17) is 0 Å². The molecule has 242 valence electrons. The first kappa shape index (κ1) is 29.4. The lowest BCUT2D eigenvalue weighted by Gasteiger charge is -2.44. The summed E-state index contributed by atoms with van der Waals surface area (Å²) in [4.78, 5) is 5.00. The molecule has 0 aliphatic carbocycles. The van der Waals surface area contributed by atoms with Crippen molar-refractivity contribution in [3.05, 3.63) is 200 Å². The molecule has 0 saturated heterocycles. The Labute approximate surface area is 306 Å². The SMILES string of the molecule is c1ccc(N2c3ccccc3B3c4ccccc4N(c4ccc5c(c4)[Si](c4ccccc4)(c4ccccc4)c4ccccc4-5)c4cccc2c43)cc1. The Bertz CT molecular complexity index is 2620. The maximum Gasteiger partial charge on any atom is 0.252 e. The molecule has 2 nitrogen and oxygen atoms in total. The summed E-state index contributed by atoms with van der Waals surface area (Å²) in [6.07, 6.45) is 0. The second kappa shape index (κ2) is 11.3. The van der Waals surface area contributed by atoms with Crippen molar-refractivity contribution in [1.29, 1.82) is 0 Å². The number of fused-ring (bicyclic) bond motifs is 7. The van der Waals surface area contributed by atoms with E-state index in [2.05, 4.69) is 210 Å². The zero-order chi connectivity index (χ0) is 34.2. The van der Waals surface area contributed by atoms with E-state index < -0.39 is 8.07 Å². The van der Waals surface area contributed by atoms with Gasteiger partial charge in [0, 0.05) is 34.1 Å². The fourth-order valence-corrected chi connectivity index (χ4v) is 14.7. The zero-order valence-corrected chi connectivity index (χ0v) is 29.5. The monoisotopic (exact) mass is 676 g/mol. The molecular weight excluding hydrogens is 643 g/mol. The smallest absolute Gasteiger partial charge is 0.252 e. The molecule has 0 N–H and O–H groups in total. The average molecular weight is 677 g/mol. The van der Waals surface area contributed by atoms with E-state index in [0.29, 0.717) is 0 Å².